The summed E-state index contributed by atoms with van der Waals surface area (Å²) in [5, 5.41) is 0. The molecule has 1 aliphatic carbocycles. The van der Waals surface area contributed by atoms with E-state index in [4.69, 9.17) is 3.07 Å². The van der Waals surface area contributed by atoms with Crippen LogP contribution in [-0.4, -0.2) is 11.6 Å². The molecule has 0 amide bonds. The van der Waals surface area contributed by atoms with Crippen molar-refractivity contribution in [1.82, 2.24) is 0 Å². The summed E-state index contributed by atoms with van der Waals surface area (Å²) < 4.78 is 11.1. The van der Waals surface area contributed by atoms with Gasteiger partial charge >= 0.3 is 82.4 Å². The summed E-state index contributed by atoms with van der Waals surface area (Å²) in [6, 6.07) is 0. The molecule has 0 aromatic heterocycles. The molecule has 3 heteroatoms. The predicted octanol–water partition coefficient (Wildman–Crippen LogP) is 3.61. The van der Waals surface area contributed by atoms with E-state index < -0.39 is 16.3 Å². The van der Waals surface area contributed by atoms with Crippen LogP contribution < -0.4 is 0 Å². The van der Waals surface area contributed by atoms with E-state index in [1.54, 1.807) is 3.58 Å². The van der Waals surface area contributed by atoms with Gasteiger partial charge in [-0.15, -0.1) is 0 Å². The van der Waals surface area contributed by atoms with Crippen LogP contribution in [0.15, 0.2) is 21.8 Å². The summed E-state index contributed by atoms with van der Waals surface area (Å²) in [4.78, 5) is 0. The molecule has 0 N–H and O–H groups in total. The van der Waals surface area contributed by atoms with Gasteiger partial charge < -0.3 is 0 Å². The molecule has 0 saturated heterocycles. The van der Waals surface area contributed by atoms with Crippen LogP contribution in [0.2, 0.25) is 0 Å². The van der Waals surface area contributed by atoms with Crippen molar-refractivity contribution in [1.29, 1.82) is 0 Å². The first-order valence-electron chi connectivity index (χ1n) is 3.38. The average Bonchev–Trinajstić information content (AvgIpc) is 2.09. The maximum atomic E-state index is 5.48. The van der Waals surface area contributed by atoms with E-state index in [1.807, 2.05) is 7.11 Å². The molecule has 0 unspecified atom stereocenters. The summed E-state index contributed by atoms with van der Waals surface area (Å²) in [6.07, 6.45) is 9.04. The second kappa shape index (κ2) is 5.42. The fraction of sp³-hybridized carbons (Fsp3) is 0.375. The molecule has 0 saturated carbocycles. The molecule has 1 aliphatic rings. The Balaban J connectivity index is 2.63. The van der Waals surface area contributed by atoms with Crippen LogP contribution in [0.5, 0.6) is 0 Å². The molecule has 0 spiro atoms. The molecule has 0 aromatic rings. The number of halogens is 2. The Labute approximate surface area is 81.6 Å². The van der Waals surface area contributed by atoms with Gasteiger partial charge in [0.15, 0.2) is 0 Å². The molecule has 0 heterocycles. The molecule has 0 atom stereocenters. The zero-order valence-electron chi connectivity index (χ0n) is 6.52. The van der Waals surface area contributed by atoms with Gasteiger partial charge in [0.25, 0.3) is 0 Å². The van der Waals surface area contributed by atoms with Crippen molar-refractivity contribution < 1.29 is 3.07 Å². The normalized spacial score (nSPS) is 17.9. The molecular formula is C8H12I2O. The van der Waals surface area contributed by atoms with E-state index >= 15 is 0 Å². The van der Waals surface area contributed by atoms with Crippen molar-refractivity contribution in [2.45, 2.75) is 12.8 Å². The van der Waals surface area contributed by atoms with Crippen LogP contribution in [0, 0.1) is 0 Å². The van der Waals surface area contributed by atoms with E-state index in [9.17, 15) is 0 Å². The first kappa shape index (κ1) is 9.85. The van der Waals surface area contributed by atoms with Gasteiger partial charge in [0.1, 0.15) is 0 Å². The van der Waals surface area contributed by atoms with Crippen molar-refractivity contribution in [2.24, 2.45) is 0 Å². The van der Waals surface area contributed by atoms with Crippen LogP contribution >= 0.6 is 33.0 Å². The fourth-order valence-corrected chi connectivity index (χ4v) is 9.64. The summed E-state index contributed by atoms with van der Waals surface area (Å²) in [6.45, 7) is 0. The van der Waals surface area contributed by atoms with E-state index in [0.717, 1.165) is 0 Å². The summed E-state index contributed by atoms with van der Waals surface area (Å²) in [7, 11) is 1.84. The minimum absolute atomic E-state index is 0.0985. The van der Waals surface area contributed by atoms with E-state index in [2.05, 4.69) is 22.7 Å². The molecule has 0 fully saturated rings. The summed E-state index contributed by atoms with van der Waals surface area (Å²) in [5.41, 5.74) is 0. The molecule has 1 rings (SSSR count). The number of hydrogen-bond acceptors (Lipinski definition) is 1. The Morgan fingerprint density at radius 2 is 2.55 bits per heavy atom. The SMILES string of the molecule is C=II(OC)C1=CC=CCC1. The van der Waals surface area contributed by atoms with Crippen LogP contribution in [0.1, 0.15) is 12.8 Å². The Hall–Kier alpha value is 0.770. The Morgan fingerprint density at radius 1 is 1.73 bits per heavy atom. The average molecular weight is 378 g/mol. The zero-order valence-corrected chi connectivity index (χ0v) is 10.8. The van der Waals surface area contributed by atoms with Crippen molar-refractivity contribution >= 4 is 37.5 Å². The fourth-order valence-electron chi connectivity index (χ4n) is 0.902. The van der Waals surface area contributed by atoms with Crippen molar-refractivity contribution in [2.75, 3.05) is 7.11 Å². The third-order valence-corrected chi connectivity index (χ3v) is 13.9. The van der Waals surface area contributed by atoms with Crippen molar-refractivity contribution in [3.8, 4) is 0 Å². The second-order valence-corrected chi connectivity index (χ2v) is 14.9. The van der Waals surface area contributed by atoms with Crippen molar-refractivity contribution in [3.63, 3.8) is 0 Å². The van der Waals surface area contributed by atoms with Gasteiger partial charge in [-0.2, -0.15) is 0 Å². The third kappa shape index (κ3) is 2.95. The van der Waals surface area contributed by atoms with Crippen LogP contribution in [0.4, 0.5) is 0 Å². The number of hydrogen-bond donors (Lipinski definition) is 0. The molecule has 0 radical (unpaired) electrons. The van der Waals surface area contributed by atoms with E-state index in [0.29, 0.717) is 0 Å². The van der Waals surface area contributed by atoms with E-state index in [-0.39, 0.29) is 16.8 Å². The Morgan fingerprint density at radius 3 is 3.00 bits per heavy atom. The quantitative estimate of drug-likeness (QED) is 0.683. The first-order valence-corrected chi connectivity index (χ1v) is 13.1. The van der Waals surface area contributed by atoms with Gasteiger partial charge in [-0.3, -0.25) is 0 Å². The molecule has 0 aromatic carbocycles. The number of allylic oxidation sites excluding steroid dienone is 4. The summed E-state index contributed by atoms with van der Waals surface area (Å²) in [5.74, 6) is 0. The molecule has 11 heavy (non-hydrogen) atoms. The maximum absolute atomic E-state index is 5.48. The third-order valence-electron chi connectivity index (χ3n) is 1.38. The van der Waals surface area contributed by atoms with Gasteiger partial charge in [0, 0.05) is 0 Å². The number of rotatable bonds is 3. The van der Waals surface area contributed by atoms with Crippen molar-refractivity contribution in [3.05, 3.63) is 21.8 Å². The second-order valence-electron chi connectivity index (χ2n) is 2.04. The van der Waals surface area contributed by atoms with Gasteiger partial charge in [0.2, 0.25) is 0 Å². The van der Waals surface area contributed by atoms with Crippen LogP contribution in [-0.2, 0) is 3.07 Å². The molecule has 0 bridgehead atoms. The summed E-state index contributed by atoms with van der Waals surface area (Å²) >= 11 is -1.03. The Bertz CT molecular complexity index is 196. The monoisotopic (exact) mass is 378 g/mol. The molecule has 1 nitrogen and oxygen atoms in total. The Kier molecular flexibility index (Phi) is 4.86. The topological polar surface area (TPSA) is 9.23 Å². The van der Waals surface area contributed by atoms with Gasteiger partial charge in [-0.1, -0.05) is 0 Å². The predicted molar refractivity (Wildman–Crippen MR) is 68.6 cm³/mol. The first-order chi connectivity index (χ1) is 5.38. The zero-order chi connectivity index (χ0) is 8.10. The van der Waals surface area contributed by atoms with Crippen LogP contribution in [0.3, 0.4) is 0 Å². The standard InChI is InChI=1S/C8H12I2O/c1-9-10(11-2)8-6-4-3-5-7-8/h3-4,6H,1,5,7H2,2H3. The molecule has 0 aliphatic heterocycles. The van der Waals surface area contributed by atoms with Gasteiger partial charge in [-0.25, -0.2) is 0 Å². The molecule has 64 valence electrons. The van der Waals surface area contributed by atoms with Crippen LogP contribution in [0.25, 0.3) is 0 Å². The van der Waals surface area contributed by atoms with E-state index in [1.165, 1.54) is 12.8 Å². The van der Waals surface area contributed by atoms with Gasteiger partial charge in [0.05, 0.1) is 0 Å². The van der Waals surface area contributed by atoms with Gasteiger partial charge in [-0.05, 0) is 0 Å². The molecular weight excluding hydrogens is 366 g/mol. The minimum atomic E-state index is -1.13.